The van der Waals surface area contributed by atoms with Crippen molar-refractivity contribution in [2.24, 2.45) is 4.99 Å². The van der Waals surface area contributed by atoms with Crippen LogP contribution in [-0.2, 0) is 4.79 Å². The van der Waals surface area contributed by atoms with E-state index in [9.17, 15) is 4.79 Å². The normalized spacial score (nSPS) is 8.00. The van der Waals surface area contributed by atoms with E-state index < -0.39 is 0 Å². The third kappa shape index (κ3) is 0.832. The minimum Gasteiger partial charge on any atom is -0.446 e. The summed E-state index contributed by atoms with van der Waals surface area (Å²) in [4.78, 5) is 12.6. The van der Waals surface area contributed by atoms with Gasteiger partial charge in [-0.05, 0) is 6.07 Å². The summed E-state index contributed by atoms with van der Waals surface area (Å²) in [5, 5.41) is 0. The fraction of sp³-hybridized carbons (Fsp3) is 0. The lowest BCUT2D eigenvalue weighted by Crippen LogP contribution is -1.48. The number of furan rings is 1. The zero-order chi connectivity index (χ0) is 5.82. The number of rotatable bonds is 1. The van der Waals surface area contributed by atoms with Crippen molar-refractivity contribution in [1.29, 1.82) is 0 Å². The van der Waals surface area contributed by atoms with Crippen LogP contribution >= 0.6 is 0 Å². The molecule has 1 rings (SSSR count). The molecular formula is C5H2NO2. The molecule has 0 unspecified atom stereocenters. The van der Waals surface area contributed by atoms with E-state index in [1.807, 2.05) is 0 Å². The maximum Gasteiger partial charge on any atom is 0.243 e. The van der Waals surface area contributed by atoms with Crippen molar-refractivity contribution < 1.29 is 9.21 Å². The van der Waals surface area contributed by atoms with Crippen molar-refractivity contribution >= 4 is 12.0 Å². The second-order valence-electron chi connectivity index (χ2n) is 1.07. The van der Waals surface area contributed by atoms with Crippen LogP contribution in [0.15, 0.2) is 21.7 Å². The minimum absolute atomic E-state index is 0.167. The maximum atomic E-state index is 9.50. The van der Waals surface area contributed by atoms with Crippen LogP contribution in [0.4, 0.5) is 5.88 Å². The molecule has 0 saturated carbocycles. The smallest absolute Gasteiger partial charge is 0.243 e. The van der Waals surface area contributed by atoms with Gasteiger partial charge in [0.1, 0.15) is 0 Å². The first-order valence-corrected chi connectivity index (χ1v) is 1.96. The average molecular weight is 108 g/mol. The fourth-order valence-electron chi connectivity index (χ4n) is 0.338. The minimum atomic E-state index is 0.167. The summed E-state index contributed by atoms with van der Waals surface area (Å²) in [6, 6.07) is 4.07. The lowest BCUT2D eigenvalue weighted by molar-refractivity contribution is 0.554. The predicted octanol–water partition coefficient (Wildman–Crippen LogP) is 1.05. The standard InChI is InChI=1S/C5H2NO2/c7-4-6-5-2-1-3-8-5/h1,3H. The third-order valence-corrected chi connectivity index (χ3v) is 0.602. The van der Waals surface area contributed by atoms with E-state index in [0.717, 1.165) is 0 Å². The summed E-state index contributed by atoms with van der Waals surface area (Å²) in [7, 11) is 0. The second-order valence-corrected chi connectivity index (χ2v) is 1.07. The molecule has 0 saturated heterocycles. The summed E-state index contributed by atoms with van der Waals surface area (Å²) < 4.78 is 4.59. The Morgan fingerprint density at radius 1 is 1.88 bits per heavy atom. The molecule has 0 aliphatic rings. The molecule has 0 spiro atoms. The van der Waals surface area contributed by atoms with Crippen molar-refractivity contribution in [1.82, 2.24) is 0 Å². The number of hydrogen-bond donors (Lipinski definition) is 0. The van der Waals surface area contributed by atoms with Gasteiger partial charge in [0.25, 0.3) is 0 Å². The molecule has 0 aliphatic carbocycles. The number of carbonyl (C=O) groups excluding carboxylic acids is 1. The molecule has 1 radical (unpaired) electrons. The lowest BCUT2D eigenvalue weighted by atomic mass is 10.6. The van der Waals surface area contributed by atoms with Gasteiger partial charge in [-0.2, -0.15) is 0 Å². The summed E-state index contributed by atoms with van der Waals surface area (Å²) in [6.45, 7) is 0. The number of aliphatic imine (C=N–C) groups is 1. The Labute approximate surface area is 45.6 Å². The highest BCUT2D eigenvalue weighted by Gasteiger charge is 1.85. The molecule has 0 aromatic carbocycles. The van der Waals surface area contributed by atoms with E-state index in [2.05, 4.69) is 15.5 Å². The number of hydrogen-bond acceptors (Lipinski definition) is 3. The highest BCUT2D eigenvalue weighted by molar-refractivity contribution is 5.41. The van der Waals surface area contributed by atoms with Gasteiger partial charge in [0.05, 0.1) is 12.3 Å². The first-order valence-electron chi connectivity index (χ1n) is 1.96. The topological polar surface area (TPSA) is 42.6 Å². The van der Waals surface area contributed by atoms with Crippen molar-refractivity contribution in [3.8, 4) is 0 Å². The maximum absolute atomic E-state index is 9.50. The highest BCUT2D eigenvalue weighted by atomic mass is 16.3. The van der Waals surface area contributed by atoms with E-state index in [-0.39, 0.29) is 5.88 Å². The van der Waals surface area contributed by atoms with E-state index in [1.165, 1.54) is 18.4 Å². The van der Waals surface area contributed by atoms with Gasteiger partial charge in [-0.3, -0.25) is 0 Å². The Balaban J connectivity index is 2.93. The van der Waals surface area contributed by atoms with Gasteiger partial charge in [0.2, 0.25) is 12.0 Å². The van der Waals surface area contributed by atoms with Gasteiger partial charge in [-0.15, -0.1) is 4.99 Å². The Morgan fingerprint density at radius 2 is 2.75 bits per heavy atom. The van der Waals surface area contributed by atoms with Gasteiger partial charge in [-0.25, -0.2) is 4.79 Å². The van der Waals surface area contributed by atoms with E-state index in [4.69, 9.17) is 0 Å². The highest BCUT2D eigenvalue weighted by Crippen LogP contribution is 2.07. The Hall–Kier alpha value is -1.34. The van der Waals surface area contributed by atoms with Crippen LogP contribution in [0.25, 0.3) is 0 Å². The molecule has 0 fully saturated rings. The number of nitrogens with zero attached hydrogens (tertiary/aromatic N) is 1. The van der Waals surface area contributed by atoms with Crippen LogP contribution in [-0.4, -0.2) is 6.08 Å². The molecule has 0 atom stereocenters. The molecule has 1 aromatic heterocycles. The summed E-state index contributed by atoms with van der Waals surface area (Å²) in [5.74, 6) is 0.167. The summed E-state index contributed by atoms with van der Waals surface area (Å²) >= 11 is 0. The molecule has 8 heavy (non-hydrogen) atoms. The zero-order valence-electron chi connectivity index (χ0n) is 3.92. The largest absolute Gasteiger partial charge is 0.446 e. The summed E-state index contributed by atoms with van der Waals surface area (Å²) in [6.07, 6.45) is 2.71. The molecule has 3 nitrogen and oxygen atoms in total. The Kier molecular flexibility index (Phi) is 1.26. The van der Waals surface area contributed by atoms with Gasteiger partial charge >= 0.3 is 0 Å². The van der Waals surface area contributed by atoms with Crippen molar-refractivity contribution in [2.45, 2.75) is 0 Å². The third-order valence-electron chi connectivity index (χ3n) is 0.602. The summed E-state index contributed by atoms with van der Waals surface area (Å²) in [5.41, 5.74) is 0. The van der Waals surface area contributed by atoms with E-state index >= 15 is 0 Å². The lowest BCUT2D eigenvalue weighted by Gasteiger charge is -1.70. The van der Waals surface area contributed by atoms with Gasteiger partial charge in [0.15, 0.2) is 0 Å². The van der Waals surface area contributed by atoms with Gasteiger partial charge < -0.3 is 4.42 Å². The van der Waals surface area contributed by atoms with E-state index in [0.29, 0.717) is 0 Å². The molecule has 0 N–H and O–H groups in total. The quantitative estimate of drug-likeness (QED) is 0.398. The molecule has 1 heterocycles. The number of isocyanates is 1. The van der Waals surface area contributed by atoms with E-state index in [1.54, 1.807) is 0 Å². The molecular weight excluding hydrogens is 106 g/mol. The molecule has 3 heteroatoms. The molecule has 1 aromatic rings. The fourth-order valence-corrected chi connectivity index (χ4v) is 0.338. The van der Waals surface area contributed by atoms with Crippen LogP contribution in [0.3, 0.4) is 0 Å². The van der Waals surface area contributed by atoms with Gasteiger partial charge in [-0.1, -0.05) is 0 Å². The van der Waals surface area contributed by atoms with Gasteiger partial charge in [0, 0.05) is 0 Å². The Bertz CT molecular complexity index is 196. The SMILES string of the molecule is O=C=Nc1[c]cco1. The van der Waals surface area contributed by atoms with Crippen LogP contribution in [0.2, 0.25) is 0 Å². The van der Waals surface area contributed by atoms with Crippen LogP contribution in [0.1, 0.15) is 0 Å². The van der Waals surface area contributed by atoms with Crippen molar-refractivity contribution in [3.63, 3.8) is 0 Å². The average Bonchev–Trinajstić information content (AvgIpc) is 2.19. The molecule has 0 amide bonds. The Morgan fingerprint density at radius 3 is 3.25 bits per heavy atom. The second kappa shape index (κ2) is 2.09. The van der Waals surface area contributed by atoms with Crippen LogP contribution in [0, 0.1) is 6.07 Å². The first kappa shape index (κ1) is 4.81. The zero-order valence-corrected chi connectivity index (χ0v) is 3.92. The predicted molar refractivity (Wildman–Crippen MR) is 25.3 cm³/mol. The molecule has 0 aliphatic heterocycles. The monoisotopic (exact) mass is 108 g/mol. The molecule has 39 valence electrons. The van der Waals surface area contributed by atoms with Crippen LogP contribution in [0.5, 0.6) is 0 Å². The molecule has 0 bridgehead atoms. The van der Waals surface area contributed by atoms with Crippen LogP contribution < -0.4 is 0 Å². The van der Waals surface area contributed by atoms with Crippen molar-refractivity contribution in [3.05, 3.63) is 18.4 Å². The van der Waals surface area contributed by atoms with Crippen molar-refractivity contribution in [2.75, 3.05) is 0 Å². The first-order chi connectivity index (χ1) is 3.93.